The SMILES string of the molecule is CN(C(=O)c1cc2sc(C#N)cc2[nH]1)C1COCc2[nH]c(=O)c3cc(F)c(F)cc3c21. The molecule has 7 nitrogen and oxygen atoms in total. The average Bonchev–Trinajstić information content (AvgIpc) is 3.32. The fraction of sp³-hybridized carbons (Fsp3) is 0.190. The maximum atomic E-state index is 14.0. The van der Waals surface area contributed by atoms with E-state index >= 15 is 0 Å². The monoisotopic (exact) mass is 440 g/mol. The molecule has 1 amide bonds. The number of ether oxygens (including phenoxy) is 1. The van der Waals surface area contributed by atoms with Crippen molar-refractivity contribution in [2.24, 2.45) is 0 Å². The van der Waals surface area contributed by atoms with Gasteiger partial charge in [-0.3, -0.25) is 9.59 Å². The van der Waals surface area contributed by atoms with Crippen molar-refractivity contribution in [2.75, 3.05) is 13.7 Å². The van der Waals surface area contributed by atoms with Crippen molar-refractivity contribution in [3.05, 3.63) is 68.1 Å². The lowest BCUT2D eigenvalue weighted by molar-refractivity contribution is 0.0333. The van der Waals surface area contributed by atoms with Crippen LogP contribution in [0.5, 0.6) is 0 Å². The van der Waals surface area contributed by atoms with E-state index in [1.165, 1.54) is 16.2 Å². The number of rotatable bonds is 2. The zero-order valence-corrected chi connectivity index (χ0v) is 16.9. The van der Waals surface area contributed by atoms with Gasteiger partial charge in [-0.05, 0) is 29.7 Å². The molecule has 31 heavy (non-hydrogen) atoms. The van der Waals surface area contributed by atoms with Gasteiger partial charge in [0.15, 0.2) is 11.6 Å². The van der Waals surface area contributed by atoms with E-state index in [9.17, 15) is 18.4 Å². The second-order valence-electron chi connectivity index (χ2n) is 7.29. The molecule has 0 spiro atoms. The van der Waals surface area contributed by atoms with Gasteiger partial charge >= 0.3 is 0 Å². The minimum absolute atomic E-state index is 0.00909. The van der Waals surface area contributed by atoms with Crippen LogP contribution in [0.1, 0.15) is 32.7 Å². The Hall–Kier alpha value is -3.55. The topological polar surface area (TPSA) is 102 Å². The molecule has 0 bridgehead atoms. The molecule has 4 aromatic rings. The number of H-pyrrole nitrogens is 2. The third-order valence-corrected chi connectivity index (χ3v) is 6.46. The summed E-state index contributed by atoms with van der Waals surface area (Å²) >= 11 is 1.27. The molecule has 1 aromatic carbocycles. The predicted octanol–water partition coefficient (Wildman–Crippen LogP) is 3.56. The van der Waals surface area contributed by atoms with Crippen LogP contribution in [-0.4, -0.2) is 34.4 Å². The number of benzene rings is 1. The summed E-state index contributed by atoms with van der Waals surface area (Å²) in [6.45, 7) is 0.218. The van der Waals surface area contributed by atoms with Crippen LogP contribution in [0.2, 0.25) is 0 Å². The lowest BCUT2D eigenvalue weighted by Crippen LogP contribution is -2.37. The summed E-state index contributed by atoms with van der Waals surface area (Å²) in [7, 11) is 1.58. The first kappa shape index (κ1) is 19.4. The van der Waals surface area contributed by atoms with Crippen molar-refractivity contribution in [3.63, 3.8) is 0 Å². The molecule has 1 atom stereocenters. The smallest absolute Gasteiger partial charge is 0.270 e. The number of aromatic nitrogens is 2. The average molecular weight is 440 g/mol. The lowest BCUT2D eigenvalue weighted by Gasteiger charge is -2.33. The maximum Gasteiger partial charge on any atom is 0.270 e. The third-order valence-electron chi connectivity index (χ3n) is 5.47. The standard InChI is InChI=1S/C21H14F2N4O3S/c1-27(21(29)15-5-18-14(25-15)2-9(6-24)31-18)17-8-30-7-16-19(17)10-3-12(22)13(23)4-11(10)20(28)26-16/h2-5,17,25H,7-8H2,1H3,(H,26,28). The third kappa shape index (κ3) is 3.01. The zero-order valence-electron chi connectivity index (χ0n) is 16.1. The Balaban J connectivity index is 1.59. The van der Waals surface area contributed by atoms with Crippen molar-refractivity contribution >= 4 is 38.2 Å². The van der Waals surface area contributed by atoms with E-state index in [0.29, 0.717) is 27.3 Å². The minimum Gasteiger partial charge on any atom is -0.373 e. The Morgan fingerprint density at radius 3 is 2.68 bits per heavy atom. The van der Waals surface area contributed by atoms with E-state index in [-0.39, 0.29) is 29.9 Å². The summed E-state index contributed by atoms with van der Waals surface area (Å²) in [4.78, 5) is 33.2. The fourth-order valence-electron chi connectivity index (χ4n) is 3.97. The number of amides is 1. The number of nitriles is 1. The number of fused-ring (bicyclic) bond motifs is 4. The Morgan fingerprint density at radius 2 is 1.97 bits per heavy atom. The maximum absolute atomic E-state index is 14.0. The van der Waals surface area contributed by atoms with Crippen LogP contribution in [-0.2, 0) is 11.3 Å². The number of pyridine rings is 1. The van der Waals surface area contributed by atoms with Crippen LogP contribution in [0, 0.1) is 23.0 Å². The Labute approximate surface area is 177 Å². The van der Waals surface area contributed by atoms with Gasteiger partial charge in [0.25, 0.3) is 11.5 Å². The number of carbonyl (C=O) groups is 1. The van der Waals surface area contributed by atoms with Crippen molar-refractivity contribution in [3.8, 4) is 6.07 Å². The number of hydrogen-bond acceptors (Lipinski definition) is 5. The summed E-state index contributed by atoms with van der Waals surface area (Å²) in [5.41, 5.74) is 1.40. The van der Waals surface area contributed by atoms with Gasteiger partial charge in [0.2, 0.25) is 0 Å². The molecule has 4 heterocycles. The molecule has 0 saturated heterocycles. The first-order valence-electron chi connectivity index (χ1n) is 9.28. The Bertz CT molecular complexity index is 1450. The first-order valence-corrected chi connectivity index (χ1v) is 10.1. The van der Waals surface area contributed by atoms with Crippen molar-refractivity contribution in [1.82, 2.24) is 14.9 Å². The van der Waals surface area contributed by atoms with Crippen LogP contribution >= 0.6 is 11.3 Å². The van der Waals surface area contributed by atoms with Crippen molar-refractivity contribution < 1.29 is 18.3 Å². The summed E-state index contributed by atoms with van der Waals surface area (Å²) < 4.78 is 34.1. The first-order chi connectivity index (χ1) is 14.9. The van der Waals surface area contributed by atoms with Gasteiger partial charge < -0.3 is 19.6 Å². The van der Waals surface area contributed by atoms with Gasteiger partial charge in [0.05, 0.1) is 34.9 Å². The Morgan fingerprint density at radius 1 is 1.23 bits per heavy atom. The number of thiophene rings is 1. The molecule has 3 aromatic heterocycles. The molecule has 1 aliphatic rings. The molecule has 0 fully saturated rings. The van der Waals surface area contributed by atoms with Gasteiger partial charge in [-0.25, -0.2) is 8.78 Å². The van der Waals surface area contributed by atoms with Gasteiger partial charge in [-0.15, -0.1) is 11.3 Å². The summed E-state index contributed by atoms with van der Waals surface area (Å²) in [6.07, 6.45) is 0. The van der Waals surface area contributed by atoms with E-state index in [1.54, 1.807) is 19.2 Å². The summed E-state index contributed by atoms with van der Waals surface area (Å²) in [5, 5.41) is 9.27. The highest BCUT2D eigenvalue weighted by Gasteiger charge is 2.32. The van der Waals surface area contributed by atoms with E-state index in [4.69, 9.17) is 10.00 Å². The zero-order chi connectivity index (χ0) is 21.9. The molecule has 0 radical (unpaired) electrons. The minimum atomic E-state index is -1.12. The van der Waals surface area contributed by atoms with Gasteiger partial charge in [-0.2, -0.15) is 5.26 Å². The number of aromatic amines is 2. The van der Waals surface area contributed by atoms with Crippen LogP contribution in [0.4, 0.5) is 8.78 Å². The highest BCUT2D eigenvalue weighted by Crippen LogP contribution is 2.35. The van der Waals surface area contributed by atoms with Crippen LogP contribution in [0.25, 0.3) is 21.0 Å². The van der Waals surface area contributed by atoms with Crippen molar-refractivity contribution in [2.45, 2.75) is 12.6 Å². The number of halogens is 2. The van der Waals surface area contributed by atoms with E-state index in [1.807, 2.05) is 0 Å². The largest absolute Gasteiger partial charge is 0.373 e. The van der Waals surface area contributed by atoms with Gasteiger partial charge in [-0.1, -0.05) is 0 Å². The Kier molecular flexibility index (Phi) is 4.39. The second-order valence-corrected chi connectivity index (χ2v) is 8.37. The molecular weight excluding hydrogens is 426 g/mol. The molecule has 156 valence electrons. The molecular formula is C21H14F2N4O3S. The molecule has 1 unspecified atom stereocenters. The van der Waals surface area contributed by atoms with Gasteiger partial charge in [0.1, 0.15) is 16.6 Å². The van der Waals surface area contributed by atoms with Crippen LogP contribution < -0.4 is 5.56 Å². The van der Waals surface area contributed by atoms with Crippen molar-refractivity contribution in [1.29, 1.82) is 5.26 Å². The fourth-order valence-corrected chi connectivity index (χ4v) is 4.83. The molecule has 10 heteroatoms. The molecule has 0 saturated carbocycles. The molecule has 0 aliphatic carbocycles. The quantitative estimate of drug-likeness (QED) is 0.498. The normalized spacial score (nSPS) is 15.7. The number of nitrogens with zero attached hydrogens (tertiary/aromatic N) is 2. The highest BCUT2D eigenvalue weighted by atomic mass is 32.1. The number of likely N-dealkylation sites (N-methyl/N-ethyl adjacent to an activating group) is 1. The number of nitrogens with one attached hydrogen (secondary N) is 2. The van der Waals surface area contributed by atoms with Crippen LogP contribution in [0.15, 0.2) is 29.1 Å². The lowest BCUT2D eigenvalue weighted by atomic mass is 9.95. The van der Waals surface area contributed by atoms with E-state index < -0.39 is 23.2 Å². The van der Waals surface area contributed by atoms with E-state index in [0.717, 1.165) is 16.8 Å². The molecule has 2 N–H and O–H groups in total. The van der Waals surface area contributed by atoms with Crippen LogP contribution in [0.3, 0.4) is 0 Å². The van der Waals surface area contributed by atoms with Gasteiger partial charge in [0, 0.05) is 18.3 Å². The molecule has 5 rings (SSSR count). The highest BCUT2D eigenvalue weighted by molar-refractivity contribution is 7.19. The summed E-state index contributed by atoms with van der Waals surface area (Å²) in [5.74, 6) is -2.53. The predicted molar refractivity (Wildman–Crippen MR) is 110 cm³/mol. The molecule has 1 aliphatic heterocycles. The number of hydrogen-bond donors (Lipinski definition) is 2. The second kappa shape index (κ2) is 7.01. The summed E-state index contributed by atoms with van der Waals surface area (Å²) in [6, 6.07) is 6.64. The number of carbonyl (C=O) groups excluding carboxylic acids is 1. The van der Waals surface area contributed by atoms with E-state index in [2.05, 4.69) is 16.0 Å².